The van der Waals surface area contributed by atoms with Gasteiger partial charge in [-0.15, -0.1) is 0 Å². The molecule has 4 N–H and O–H groups in total. The molecule has 0 aromatic carbocycles. The minimum absolute atomic E-state index is 0.0292. The molecule has 0 radical (unpaired) electrons. The van der Waals surface area contributed by atoms with Crippen molar-refractivity contribution in [2.75, 3.05) is 6.61 Å². The highest BCUT2D eigenvalue weighted by Crippen LogP contribution is 1.87. The van der Waals surface area contributed by atoms with Crippen molar-refractivity contribution < 1.29 is 9.53 Å². The van der Waals surface area contributed by atoms with Crippen LogP contribution in [0, 0.1) is 0 Å². The third-order valence-electron chi connectivity index (χ3n) is 0.882. The van der Waals surface area contributed by atoms with E-state index in [0.29, 0.717) is 0 Å². The number of carbonyl (C=O) groups is 1. The van der Waals surface area contributed by atoms with Gasteiger partial charge >= 0.3 is 5.97 Å². The van der Waals surface area contributed by atoms with Gasteiger partial charge in [-0.3, -0.25) is 4.99 Å². The Morgan fingerprint density at radius 2 is 2.27 bits per heavy atom. The van der Waals surface area contributed by atoms with E-state index >= 15 is 0 Å². The first-order chi connectivity index (χ1) is 5.07. The van der Waals surface area contributed by atoms with E-state index in [9.17, 15) is 4.79 Å². The van der Waals surface area contributed by atoms with Gasteiger partial charge in [-0.2, -0.15) is 0 Å². The molecule has 0 fully saturated rings. The van der Waals surface area contributed by atoms with Crippen LogP contribution in [0.25, 0.3) is 0 Å². The molecule has 0 aromatic rings. The van der Waals surface area contributed by atoms with Gasteiger partial charge in [0.15, 0.2) is 0 Å². The van der Waals surface area contributed by atoms with Crippen LogP contribution >= 0.6 is 0 Å². The van der Waals surface area contributed by atoms with E-state index in [1.54, 1.807) is 0 Å². The Morgan fingerprint density at radius 3 is 2.64 bits per heavy atom. The normalized spacial score (nSPS) is 11.7. The van der Waals surface area contributed by atoms with Crippen molar-refractivity contribution in [2.24, 2.45) is 16.5 Å². The quantitative estimate of drug-likeness (QED) is 0.310. The minimum Gasteiger partial charge on any atom is -0.457 e. The Kier molecular flexibility index (Phi) is 3.90. The number of rotatable bonds is 4. The van der Waals surface area contributed by atoms with Gasteiger partial charge in [-0.05, 0) is 6.72 Å². The van der Waals surface area contributed by atoms with Crippen molar-refractivity contribution in [3.8, 4) is 0 Å². The van der Waals surface area contributed by atoms with Crippen LogP contribution in [-0.2, 0) is 9.53 Å². The SMILES string of the molecule is C=NC(N)COC(=O)C(=C)N. The minimum atomic E-state index is -0.677. The summed E-state index contributed by atoms with van der Waals surface area (Å²) in [4.78, 5) is 14.0. The smallest absolute Gasteiger partial charge is 0.353 e. The molecule has 5 nitrogen and oxygen atoms in total. The largest absolute Gasteiger partial charge is 0.457 e. The molecular formula is C6H11N3O2. The maximum absolute atomic E-state index is 10.6. The van der Waals surface area contributed by atoms with Crippen LogP contribution in [0.1, 0.15) is 0 Å². The van der Waals surface area contributed by atoms with Crippen molar-refractivity contribution in [2.45, 2.75) is 6.17 Å². The maximum atomic E-state index is 10.6. The van der Waals surface area contributed by atoms with Gasteiger partial charge < -0.3 is 16.2 Å². The lowest BCUT2D eigenvalue weighted by Gasteiger charge is -2.06. The summed E-state index contributed by atoms with van der Waals surface area (Å²) in [5, 5.41) is 0. The number of esters is 1. The van der Waals surface area contributed by atoms with Crippen LogP contribution < -0.4 is 11.5 Å². The molecule has 11 heavy (non-hydrogen) atoms. The second-order valence-corrected chi connectivity index (χ2v) is 1.87. The summed E-state index contributed by atoms with van der Waals surface area (Å²) >= 11 is 0. The van der Waals surface area contributed by atoms with Crippen molar-refractivity contribution in [1.29, 1.82) is 0 Å². The molecule has 5 heteroatoms. The lowest BCUT2D eigenvalue weighted by molar-refractivity contribution is -0.139. The fourth-order valence-corrected chi connectivity index (χ4v) is 0.306. The zero-order valence-electron chi connectivity index (χ0n) is 6.12. The Balaban J connectivity index is 3.62. The van der Waals surface area contributed by atoms with Crippen LogP contribution in [0.15, 0.2) is 17.3 Å². The van der Waals surface area contributed by atoms with E-state index in [2.05, 4.69) is 23.0 Å². The standard InChI is InChI=1S/C6H11N3O2/c1-4(7)6(10)11-3-5(8)9-2/h5H,1-3,7-8H2. The first-order valence-corrected chi connectivity index (χ1v) is 2.91. The van der Waals surface area contributed by atoms with E-state index in [0.717, 1.165) is 0 Å². The summed E-state index contributed by atoms with van der Waals surface area (Å²) in [6, 6.07) is 0. The molecule has 0 heterocycles. The molecule has 0 saturated carbocycles. The first kappa shape index (κ1) is 9.64. The van der Waals surface area contributed by atoms with Gasteiger partial charge in [-0.25, -0.2) is 4.79 Å². The summed E-state index contributed by atoms with van der Waals surface area (Å²) in [5.74, 6) is -0.677. The number of nitrogens with zero attached hydrogens (tertiary/aromatic N) is 1. The van der Waals surface area contributed by atoms with E-state index in [1.807, 2.05) is 0 Å². The summed E-state index contributed by atoms with van der Waals surface area (Å²) in [7, 11) is 0. The summed E-state index contributed by atoms with van der Waals surface area (Å²) in [5.41, 5.74) is 10.1. The second kappa shape index (κ2) is 4.45. The van der Waals surface area contributed by atoms with Gasteiger partial charge in [0.2, 0.25) is 0 Å². The monoisotopic (exact) mass is 157 g/mol. The van der Waals surface area contributed by atoms with Gasteiger partial charge in [0.05, 0.1) is 0 Å². The number of hydrogen-bond acceptors (Lipinski definition) is 5. The Morgan fingerprint density at radius 1 is 1.73 bits per heavy atom. The summed E-state index contributed by atoms with van der Waals surface area (Å²) in [6.45, 7) is 6.31. The predicted octanol–water partition coefficient (Wildman–Crippen LogP) is -1.01. The van der Waals surface area contributed by atoms with Crippen molar-refractivity contribution in [3.05, 3.63) is 12.3 Å². The molecule has 0 aromatic heterocycles. The van der Waals surface area contributed by atoms with Gasteiger partial charge in [0.1, 0.15) is 18.5 Å². The highest BCUT2D eigenvalue weighted by atomic mass is 16.5. The number of hydrogen-bond donors (Lipinski definition) is 2. The van der Waals surface area contributed by atoms with Gasteiger partial charge in [0, 0.05) is 0 Å². The van der Waals surface area contributed by atoms with E-state index < -0.39 is 12.1 Å². The van der Waals surface area contributed by atoms with Crippen molar-refractivity contribution in [1.82, 2.24) is 0 Å². The first-order valence-electron chi connectivity index (χ1n) is 2.91. The molecule has 62 valence electrons. The molecular weight excluding hydrogens is 146 g/mol. The Hall–Kier alpha value is -1.36. The van der Waals surface area contributed by atoms with Crippen LogP contribution in [0.4, 0.5) is 0 Å². The molecule has 0 bridgehead atoms. The molecule has 1 atom stereocenters. The van der Waals surface area contributed by atoms with Crippen LogP contribution in [0.2, 0.25) is 0 Å². The third kappa shape index (κ3) is 4.10. The molecule has 0 aliphatic carbocycles. The molecule has 0 amide bonds. The van der Waals surface area contributed by atoms with Crippen molar-refractivity contribution in [3.63, 3.8) is 0 Å². The van der Waals surface area contributed by atoms with Gasteiger partial charge in [-0.1, -0.05) is 6.58 Å². The molecule has 1 unspecified atom stereocenters. The highest BCUT2D eigenvalue weighted by Gasteiger charge is 2.05. The topological polar surface area (TPSA) is 90.7 Å². The molecule has 0 aliphatic rings. The third-order valence-corrected chi connectivity index (χ3v) is 0.882. The maximum Gasteiger partial charge on any atom is 0.353 e. The Labute approximate surface area is 64.7 Å². The Bertz CT molecular complexity index is 179. The van der Waals surface area contributed by atoms with E-state index in [4.69, 9.17) is 11.5 Å². The molecule has 0 aliphatic heterocycles. The zero-order valence-corrected chi connectivity index (χ0v) is 6.12. The number of nitrogens with two attached hydrogens (primary N) is 2. The predicted molar refractivity (Wildman–Crippen MR) is 41.8 cm³/mol. The van der Waals surface area contributed by atoms with Crippen molar-refractivity contribution >= 4 is 12.7 Å². The number of aliphatic imine (C=N–C) groups is 1. The molecule has 0 spiro atoms. The lowest BCUT2D eigenvalue weighted by Crippen LogP contribution is -2.26. The van der Waals surface area contributed by atoms with Crippen LogP contribution in [-0.4, -0.2) is 25.5 Å². The lowest BCUT2D eigenvalue weighted by atomic mass is 10.5. The van der Waals surface area contributed by atoms with E-state index in [-0.39, 0.29) is 12.3 Å². The van der Waals surface area contributed by atoms with Crippen LogP contribution in [0.3, 0.4) is 0 Å². The number of carbonyl (C=O) groups excluding carboxylic acids is 1. The van der Waals surface area contributed by atoms with E-state index in [1.165, 1.54) is 0 Å². The second-order valence-electron chi connectivity index (χ2n) is 1.87. The highest BCUT2D eigenvalue weighted by molar-refractivity contribution is 5.86. The average Bonchev–Trinajstić information content (AvgIpc) is 1.99. The van der Waals surface area contributed by atoms with Crippen LogP contribution in [0.5, 0.6) is 0 Å². The zero-order chi connectivity index (χ0) is 8.85. The molecule has 0 rings (SSSR count). The molecule has 0 saturated heterocycles. The number of ether oxygens (including phenoxy) is 1. The summed E-state index contributed by atoms with van der Waals surface area (Å²) in [6.07, 6.45) is -0.599. The van der Waals surface area contributed by atoms with Gasteiger partial charge in [0.25, 0.3) is 0 Å². The fourth-order valence-electron chi connectivity index (χ4n) is 0.306. The average molecular weight is 157 g/mol. The fraction of sp³-hybridized carbons (Fsp3) is 0.333. The summed E-state index contributed by atoms with van der Waals surface area (Å²) < 4.78 is 4.53.